The van der Waals surface area contributed by atoms with Crippen LogP contribution in [0.4, 0.5) is 0 Å². The zero-order valence-electron chi connectivity index (χ0n) is 10.3. The smallest absolute Gasteiger partial charge is 0.0590 e. The van der Waals surface area contributed by atoms with Crippen LogP contribution in [0, 0.1) is 5.92 Å². The minimum absolute atomic E-state index is 0.306. The van der Waals surface area contributed by atoms with Crippen LogP contribution >= 0.6 is 0 Å². The predicted molar refractivity (Wildman–Crippen MR) is 64.4 cm³/mol. The van der Waals surface area contributed by atoms with Crippen LogP contribution in [-0.4, -0.2) is 36.5 Å². The molecule has 0 radical (unpaired) electrons. The lowest BCUT2D eigenvalue weighted by Crippen LogP contribution is -2.40. The van der Waals surface area contributed by atoms with Crippen LogP contribution in [0.2, 0.25) is 0 Å². The summed E-state index contributed by atoms with van der Waals surface area (Å²) in [5, 5.41) is 12.7. The fourth-order valence-corrected chi connectivity index (χ4v) is 2.75. The molecular weight excluding hydrogens is 202 g/mol. The van der Waals surface area contributed by atoms with Gasteiger partial charge in [0.05, 0.1) is 6.10 Å². The summed E-state index contributed by atoms with van der Waals surface area (Å²) >= 11 is 0. The molecule has 16 heavy (non-hydrogen) atoms. The Kier molecular flexibility index (Phi) is 4.62. The Morgan fingerprint density at radius 3 is 2.75 bits per heavy atom. The van der Waals surface area contributed by atoms with Gasteiger partial charge in [-0.1, -0.05) is 0 Å². The Balaban J connectivity index is 1.68. The van der Waals surface area contributed by atoms with Crippen molar-refractivity contribution in [2.75, 3.05) is 13.2 Å². The summed E-state index contributed by atoms with van der Waals surface area (Å²) in [6.45, 7) is 3.50. The van der Waals surface area contributed by atoms with Crippen LogP contribution in [0.5, 0.6) is 0 Å². The molecule has 3 heteroatoms. The minimum Gasteiger partial charge on any atom is -0.396 e. The maximum absolute atomic E-state index is 9.05. The largest absolute Gasteiger partial charge is 0.396 e. The first kappa shape index (κ1) is 12.3. The Morgan fingerprint density at radius 2 is 2.19 bits per heavy atom. The molecule has 1 aliphatic carbocycles. The van der Waals surface area contributed by atoms with Crippen molar-refractivity contribution < 1.29 is 9.84 Å². The molecule has 3 nitrogen and oxygen atoms in total. The van der Waals surface area contributed by atoms with Gasteiger partial charge >= 0.3 is 0 Å². The molecular formula is C13H25NO2. The number of aliphatic hydroxyl groups is 1. The Hall–Kier alpha value is -0.120. The molecule has 94 valence electrons. The normalized spacial score (nSPS) is 29.2. The molecule has 0 aromatic rings. The number of hydrogen-bond acceptors (Lipinski definition) is 3. The van der Waals surface area contributed by atoms with Gasteiger partial charge in [-0.3, -0.25) is 0 Å². The standard InChI is InChI=1S/C13H25NO2/c1-10(9-12-3-2-8-16-12)14-13(6-7-15)11-4-5-11/h10-15H,2-9H2,1H3. The van der Waals surface area contributed by atoms with Crippen molar-refractivity contribution in [2.24, 2.45) is 5.92 Å². The number of nitrogens with one attached hydrogen (secondary N) is 1. The fourth-order valence-electron chi connectivity index (χ4n) is 2.75. The molecule has 2 rings (SSSR count). The van der Waals surface area contributed by atoms with Gasteiger partial charge in [0.1, 0.15) is 0 Å². The van der Waals surface area contributed by atoms with Gasteiger partial charge in [0.25, 0.3) is 0 Å². The molecule has 2 aliphatic rings. The van der Waals surface area contributed by atoms with Gasteiger partial charge < -0.3 is 15.2 Å². The van der Waals surface area contributed by atoms with Gasteiger partial charge in [-0.05, 0) is 51.4 Å². The van der Waals surface area contributed by atoms with Gasteiger partial charge in [-0.2, -0.15) is 0 Å². The van der Waals surface area contributed by atoms with Crippen molar-refractivity contribution in [3.8, 4) is 0 Å². The highest BCUT2D eigenvalue weighted by molar-refractivity contribution is 4.88. The second-order valence-corrected chi connectivity index (χ2v) is 5.39. The Morgan fingerprint density at radius 1 is 1.38 bits per heavy atom. The third-order valence-corrected chi connectivity index (χ3v) is 3.77. The average Bonchev–Trinajstić information content (AvgIpc) is 2.98. The van der Waals surface area contributed by atoms with Crippen LogP contribution in [0.3, 0.4) is 0 Å². The van der Waals surface area contributed by atoms with Gasteiger partial charge in [-0.15, -0.1) is 0 Å². The van der Waals surface area contributed by atoms with Crippen LogP contribution in [0.1, 0.15) is 45.4 Å². The summed E-state index contributed by atoms with van der Waals surface area (Å²) in [6.07, 6.45) is 7.61. The van der Waals surface area contributed by atoms with E-state index in [0.29, 0.717) is 24.8 Å². The Labute approximate surface area is 98.6 Å². The van der Waals surface area contributed by atoms with Crippen LogP contribution in [0.25, 0.3) is 0 Å². The first-order chi connectivity index (χ1) is 7.79. The zero-order chi connectivity index (χ0) is 11.4. The number of aliphatic hydroxyl groups excluding tert-OH is 1. The van der Waals surface area contributed by atoms with Crippen molar-refractivity contribution in [1.29, 1.82) is 0 Å². The molecule has 0 bridgehead atoms. The Bertz CT molecular complexity index is 200. The maximum Gasteiger partial charge on any atom is 0.0590 e. The third kappa shape index (κ3) is 3.72. The average molecular weight is 227 g/mol. The predicted octanol–water partition coefficient (Wildman–Crippen LogP) is 1.69. The van der Waals surface area contributed by atoms with Gasteiger partial charge in [0.2, 0.25) is 0 Å². The number of hydrogen-bond donors (Lipinski definition) is 2. The van der Waals surface area contributed by atoms with Crippen LogP contribution in [-0.2, 0) is 4.74 Å². The van der Waals surface area contributed by atoms with E-state index in [2.05, 4.69) is 12.2 Å². The molecule has 1 aliphatic heterocycles. The topological polar surface area (TPSA) is 41.5 Å². The second kappa shape index (κ2) is 5.99. The van der Waals surface area contributed by atoms with Crippen molar-refractivity contribution in [1.82, 2.24) is 5.32 Å². The van der Waals surface area contributed by atoms with E-state index in [0.717, 1.165) is 25.4 Å². The zero-order valence-corrected chi connectivity index (χ0v) is 10.3. The van der Waals surface area contributed by atoms with Gasteiger partial charge in [-0.25, -0.2) is 0 Å². The fraction of sp³-hybridized carbons (Fsp3) is 1.00. The van der Waals surface area contributed by atoms with E-state index in [4.69, 9.17) is 9.84 Å². The minimum atomic E-state index is 0.306. The van der Waals surface area contributed by atoms with E-state index in [9.17, 15) is 0 Å². The van der Waals surface area contributed by atoms with E-state index in [1.807, 2.05) is 0 Å². The summed E-state index contributed by atoms with van der Waals surface area (Å²) in [5.74, 6) is 0.819. The highest BCUT2D eigenvalue weighted by atomic mass is 16.5. The van der Waals surface area contributed by atoms with E-state index in [1.165, 1.54) is 25.7 Å². The SMILES string of the molecule is CC(CC1CCCO1)NC(CCO)C1CC1. The molecule has 2 fully saturated rings. The molecule has 3 atom stereocenters. The third-order valence-electron chi connectivity index (χ3n) is 3.77. The summed E-state index contributed by atoms with van der Waals surface area (Å²) in [6, 6.07) is 1.04. The molecule has 2 N–H and O–H groups in total. The van der Waals surface area contributed by atoms with Gasteiger partial charge in [0, 0.05) is 25.3 Å². The van der Waals surface area contributed by atoms with E-state index >= 15 is 0 Å². The van der Waals surface area contributed by atoms with E-state index < -0.39 is 0 Å². The van der Waals surface area contributed by atoms with Crippen molar-refractivity contribution in [3.63, 3.8) is 0 Å². The van der Waals surface area contributed by atoms with Crippen LogP contribution in [0.15, 0.2) is 0 Å². The second-order valence-electron chi connectivity index (χ2n) is 5.39. The summed E-state index contributed by atoms with van der Waals surface area (Å²) in [7, 11) is 0. The molecule has 0 spiro atoms. The summed E-state index contributed by atoms with van der Waals surface area (Å²) in [4.78, 5) is 0. The molecule has 1 saturated heterocycles. The van der Waals surface area contributed by atoms with Crippen molar-refractivity contribution in [2.45, 2.75) is 63.6 Å². The summed E-state index contributed by atoms with van der Waals surface area (Å²) < 4.78 is 5.65. The number of ether oxygens (including phenoxy) is 1. The van der Waals surface area contributed by atoms with E-state index in [-0.39, 0.29) is 0 Å². The van der Waals surface area contributed by atoms with Gasteiger partial charge in [0.15, 0.2) is 0 Å². The molecule has 0 amide bonds. The molecule has 1 saturated carbocycles. The van der Waals surface area contributed by atoms with Crippen molar-refractivity contribution >= 4 is 0 Å². The molecule has 1 heterocycles. The highest BCUT2D eigenvalue weighted by Gasteiger charge is 2.31. The first-order valence-corrected chi connectivity index (χ1v) is 6.78. The highest BCUT2D eigenvalue weighted by Crippen LogP contribution is 2.34. The summed E-state index contributed by atoms with van der Waals surface area (Å²) in [5.41, 5.74) is 0. The maximum atomic E-state index is 9.05. The lowest BCUT2D eigenvalue weighted by atomic mass is 10.0. The lowest BCUT2D eigenvalue weighted by Gasteiger charge is -2.24. The molecule has 0 aromatic heterocycles. The monoisotopic (exact) mass is 227 g/mol. The number of rotatable bonds is 7. The molecule has 0 aromatic carbocycles. The first-order valence-electron chi connectivity index (χ1n) is 6.78. The van der Waals surface area contributed by atoms with Crippen molar-refractivity contribution in [3.05, 3.63) is 0 Å². The van der Waals surface area contributed by atoms with E-state index in [1.54, 1.807) is 0 Å². The quantitative estimate of drug-likeness (QED) is 0.695. The molecule has 3 unspecified atom stereocenters. The lowest BCUT2D eigenvalue weighted by molar-refractivity contribution is 0.0938. The van der Waals surface area contributed by atoms with Crippen LogP contribution < -0.4 is 5.32 Å².